The highest BCUT2D eigenvalue weighted by Gasteiger charge is 2.60. The smallest absolute Gasteiger partial charge is 0.253 e. The molecule has 1 aromatic heterocycles. The first-order valence-electron chi connectivity index (χ1n) is 11.4. The number of hydrogen-bond acceptors (Lipinski definition) is 5. The third-order valence-corrected chi connectivity index (χ3v) is 7.98. The zero-order valence-corrected chi connectivity index (χ0v) is 20.2. The van der Waals surface area contributed by atoms with Crippen molar-refractivity contribution in [1.29, 1.82) is 0 Å². The van der Waals surface area contributed by atoms with E-state index in [9.17, 15) is 9.59 Å². The highest BCUT2D eigenvalue weighted by Crippen LogP contribution is 2.63. The largest absolute Gasteiger partial charge is 0.448 e. The molecule has 5 rings (SSSR count). The molecular weight excluding hydrogens is 442 g/mol. The van der Waals surface area contributed by atoms with Gasteiger partial charge in [-0.2, -0.15) is 0 Å². The van der Waals surface area contributed by atoms with Gasteiger partial charge in [0.15, 0.2) is 11.5 Å². The number of amides is 1. The number of aromatic nitrogens is 1. The number of pyridine rings is 1. The number of aryl methyl sites for hydroxylation is 2. The zero-order chi connectivity index (χ0) is 23.7. The summed E-state index contributed by atoms with van der Waals surface area (Å²) in [6, 6.07) is 3.81. The van der Waals surface area contributed by atoms with E-state index in [-0.39, 0.29) is 23.9 Å². The van der Waals surface area contributed by atoms with Gasteiger partial charge < -0.3 is 25.5 Å². The standard InChI is InChI=1S/C25H30ClN3O4/c1-12-5-13(2)29-23(31)18(12)11-28-22(30)17-6-19(26)21-20(14(17)3)32-24(4,33-21)15-7-25(8-15)9-16(27)10-25/h5-6,15-16H,7-11,27H2,1-4H3,(H,28,30)(H,29,31). The number of rotatable bonds is 4. The Labute approximate surface area is 198 Å². The molecule has 1 spiro atoms. The van der Waals surface area contributed by atoms with Gasteiger partial charge in [0.1, 0.15) is 0 Å². The van der Waals surface area contributed by atoms with Crippen molar-refractivity contribution >= 4 is 17.5 Å². The summed E-state index contributed by atoms with van der Waals surface area (Å²) in [5, 5.41) is 3.19. The van der Waals surface area contributed by atoms with E-state index in [0.29, 0.717) is 44.7 Å². The van der Waals surface area contributed by atoms with Gasteiger partial charge in [0.05, 0.1) is 5.02 Å². The Hall–Kier alpha value is -2.51. The van der Waals surface area contributed by atoms with Crippen LogP contribution in [-0.4, -0.2) is 22.7 Å². The molecule has 0 radical (unpaired) electrons. The van der Waals surface area contributed by atoms with E-state index < -0.39 is 5.79 Å². The Morgan fingerprint density at radius 3 is 2.48 bits per heavy atom. The first-order chi connectivity index (χ1) is 15.5. The number of nitrogens with one attached hydrogen (secondary N) is 2. The molecule has 3 aliphatic rings. The van der Waals surface area contributed by atoms with Crippen LogP contribution in [0.1, 0.15) is 65.3 Å². The molecule has 7 nitrogen and oxygen atoms in total. The van der Waals surface area contributed by atoms with E-state index in [0.717, 1.165) is 36.9 Å². The van der Waals surface area contributed by atoms with E-state index in [1.54, 1.807) is 6.07 Å². The molecular formula is C25H30ClN3O4. The summed E-state index contributed by atoms with van der Waals surface area (Å²) in [7, 11) is 0. The highest BCUT2D eigenvalue weighted by atomic mass is 35.5. The number of halogens is 1. The molecule has 1 atom stereocenters. The number of aromatic amines is 1. The molecule has 2 aliphatic carbocycles. The third-order valence-electron chi connectivity index (χ3n) is 7.70. The minimum absolute atomic E-state index is 0.121. The number of fused-ring (bicyclic) bond motifs is 1. The molecule has 0 saturated heterocycles. The number of nitrogens with two attached hydrogens (primary N) is 1. The van der Waals surface area contributed by atoms with Crippen LogP contribution in [0.5, 0.6) is 11.5 Å². The Morgan fingerprint density at radius 1 is 1.18 bits per heavy atom. The fraction of sp³-hybridized carbons (Fsp3) is 0.520. The predicted octanol–water partition coefficient (Wildman–Crippen LogP) is 3.89. The lowest BCUT2D eigenvalue weighted by atomic mass is 9.49. The summed E-state index contributed by atoms with van der Waals surface area (Å²) in [4.78, 5) is 28.1. The van der Waals surface area contributed by atoms with Gasteiger partial charge in [0, 0.05) is 47.8 Å². The molecule has 33 heavy (non-hydrogen) atoms. The van der Waals surface area contributed by atoms with Gasteiger partial charge in [-0.15, -0.1) is 0 Å². The zero-order valence-electron chi connectivity index (χ0n) is 19.4. The molecule has 2 fully saturated rings. The molecule has 2 aromatic rings. The van der Waals surface area contributed by atoms with Crippen LogP contribution < -0.4 is 26.1 Å². The van der Waals surface area contributed by atoms with E-state index >= 15 is 0 Å². The predicted molar refractivity (Wildman–Crippen MR) is 126 cm³/mol. The van der Waals surface area contributed by atoms with Crippen molar-refractivity contribution in [3.63, 3.8) is 0 Å². The van der Waals surface area contributed by atoms with Gasteiger partial charge in [-0.25, -0.2) is 0 Å². The van der Waals surface area contributed by atoms with E-state index in [2.05, 4.69) is 10.3 Å². The van der Waals surface area contributed by atoms with Crippen LogP contribution in [0.4, 0.5) is 0 Å². The normalized spacial score (nSPS) is 29.5. The van der Waals surface area contributed by atoms with E-state index in [1.165, 1.54) is 0 Å². The Balaban J connectivity index is 1.33. The Morgan fingerprint density at radius 2 is 1.85 bits per heavy atom. The second-order valence-corrected chi connectivity index (χ2v) is 10.7. The summed E-state index contributed by atoms with van der Waals surface area (Å²) in [6.45, 7) is 7.58. The van der Waals surface area contributed by atoms with Gasteiger partial charge in [-0.05, 0) is 69.6 Å². The first kappa shape index (κ1) is 22.3. The lowest BCUT2D eigenvalue weighted by Gasteiger charge is -2.59. The topological polar surface area (TPSA) is 106 Å². The van der Waals surface area contributed by atoms with Crippen LogP contribution in [0.25, 0.3) is 0 Å². The van der Waals surface area contributed by atoms with Crippen LogP contribution >= 0.6 is 11.6 Å². The van der Waals surface area contributed by atoms with Crippen molar-refractivity contribution in [3.8, 4) is 11.5 Å². The first-order valence-corrected chi connectivity index (χ1v) is 11.8. The lowest BCUT2D eigenvalue weighted by molar-refractivity contribution is -0.189. The molecule has 2 heterocycles. The maximum atomic E-state index is 13.0. The van der Waals surface area contributed by atoms with E-state index in [1.807, 2.05) is 33.8 Å². The summed E-state index contributed by atoms with van der Waals surface area (Å²) in [5.41, 5.74) is 9.37. The van der Waals surface area contributed by atoms with Crippen LogP contribution in [-0.2, 0) is 6.54 Å². The second kappa shape index (κ2) is 7.50. The highest BCUT2D eigenvalue weighted by molar-refractivity contribution is 6.33. The van der Waals surface area contributed by atoms with Crippen molar-refractivity contribution < 1.29 is 14.3 Å². The maximum Gasteiger partial charge on any atom is 0.253 e. The minimum Gasteiger partial charge on any atom is -0.448 e. The number of carbonyl (C=O) groups is 1. The Kier molecular flexibility index (Phi) is 5.07. The molecule has 1 amide bonds. The Bertz CT molecular complexity index is 1210. The number of carbonyl (C=O) groups excluding carboxylic acids is 1. The van der Waals surface area contributed by atoms with Crippen molar-refractivity contribution in [2.75, 3.05) is 0 Å². The summed E-state index contributed by atoms with van der Waals surface area (Å²) in [6.07, 6.45) is 4.19. The second-order valence-electron chi connectivity index (χ2n) is 10.3. The summed E-state index contributed by atoms with van der Waals surface area (Å²) in [5.74, 6) is 0.139. The van der Waals surface area contributed by atoms with Gasteiger partial charge in [0.25, 0.3) is 17.3 Å². The van der Waals surface area contributed by atoms with Crippen LogP contribution in [0, 0.1) is 32.1 Å². The van der Waals surface area contributed by atoms with Crippen molar-refractivity contribution in [2.24, 2.45) is 17.1 Å². The molecule has 1 aromatic carbocycles. The molecule has 1 unspecified atom stereocenters. The molecule has 0 bridgehead atoms. The third kappa shape index (κ3) is 3.62. The van der Waals surface area contributed by atoms with Crippen LogP contribution in [0.2, 0.25) is 5.02 Å². The number of benzene rings is 1. The van der Waals surface area contributed by atoms with Crippen LogP contribution in [0.15, 0.2) is 16.9 Å². The fourth-order valence-corrected chi connectivity index (χ4v) is 6.09. The van der Waals surface area contributed by atoms with Gasteiger partial charge in [-0.1, -0.05) is 11.6 Å². The summed E-state index contributed by atoms with van der Waals surface area (Å²) < 4.78 is 12.6. The molecule has 1 aliphatic heterocycles. The molecule has 2 saturated carbocycles. The average Bonchev–Trinajstić information content (AvgIpc) is 3.04. The van der Waals surface area contributed by atoms with Crippen molar-refractivity contribution in [3.05, 3.63) is 55.5 Å². The average molecular weight is 472 g/mol. The molecule has 4 N–H and O–H groups in total. The van der Waals surface area contributed by atoms with Crippen LogP contribution in [0.3, 0.4) is 0 Å². The quantitative estimate of drug-likeness (QED) is 0.627. The van der Waals surface area contributed by atoms with Crippen molar-refractivity contribution in [2.45, 2.75) is 71.8 Å². The number of H-pyrrole nitrogens is 1. The van der Waals surface area contributed by atoms with E-state index in [4.69, 9.17) is 26.8 Å². The fourth-order valence-electron chi connectivity index (χ4n) is 5.86. The molecule has 176 valence electrons. The summed E-state index contributed by atoms with van der Waals surface area (Å²) >= 11 is 6.53. The SMILES string of the molecule is Cc1cc(C)c(CNC(=O)c2cc(Cl)c3c(c2C)OC(C)(C2CC4(CC(N)C4)C2)O3)c(=O)[nH]1. The van der Waals surface area contributed by atoms with Gasteiger partial charge in [0.2, 0.25) is 0 Å². The van der Waals surface area contributed by atoms with Gasteiger partial charge >= 0.3 is 0 Å². The molecule has 8 heteroatoms. The van der Waals surface area contributed by atoms with Gasteiger partial charge in [-0.3, -0.25) is 9.59 Å². The maximum absolute atomic E-state index is 13.0. The minimum atomic E-state index is -0.803. The monoisotopic (exact) mass is 471 g/mol. The number of ether oxygens (including phenoxy) is 2. The lowest BCUT2D eigenvalue weighted by Crippen LogP contribution is -2.60. The van der Waals surface area contributed by atoms with Crippen molar-refractivity contribution in [1.82, 2.24) is 10.3 Å². The number of hydrogen-bond donors (Lipinski definition) is 3.